The number of hydrogen-bond acceptors (Lipinski definition) is 4. The van der Waals surface area contributed by atoms with E-state index in [-0.39, 0.29) is 11.5 Å². The van der Waals surface area contributed by atoms with Crippen LogP contribution in [0.1, 0.15) is 75.5 Å². The fourth-order valence-electron chi connectivity index (χ4n) is 3.99. The Labute approximate surface area is 226 Å². The Morgan fingerprint density at radius 2 is 1.81 bits per heavy atom. The van der Waals surface area contributed by atoms with Gasteiger partial charge in [0.25, 0.3) is 0 Å². The van der Waals surface area contributed by atoms with Gasteiger partial charge in [-0.05, 0) is 88.1 Å². The summed E-state index contributed by atoms with van der Waals surface area (Å²) in [5, 5.41) is 7.88. The molecule has 0 radical (unpaired) electrons. The van der Waals surface area contributed by atoms with Gasteiger partial charge in [-0.2, -0.15) is 0 Å². The lowest BCUT2D eigenvalue weighted by Gasteiger charge is -2.23. The number of ether oxygens (including phenoxy) is 1. The standard InChI is InChI=1S/C29H40Cl2N4O/c1-19(2)28-26(17-33-21(4)16-34-23(6)36-29(7,8)9)22(5)35(18-24-10-12-32-13-11-24)27(28)15-25(31)14-20(3)30/h10-15,19,33-34H,4,6,16-18H2,1-3,5,7-9H3/b20-14+,25-15+. The molecule has 0 aromatic carbocycles. The highest BCUT2D eigenvalue weighted by Gasteiger charge is 2.22. The van der Waals surface area contributed by atoms with E-state index in [1.807, 2.05) is 58.3 Å². The van der Waals surface area contributed by atoms with Gasteiger partial charge in [0.15, 0.2) is 5.88 Å². The first-order valence-electron chi connectivity index (χ1n) is 12.1. The number of nitrogens with zero attached hydrogens (tertiary/aromatic N) is 2. The van der Waals surface area contributed by atoms with E-state index < -0.39 is 0 Å². The molecular weight excluding hydrogens is 491 g/mol. The summed E-state index contributed by atoms with van der Waals surface area (Å²) in [5.74, 6) is 0.806. The molecule has 0 atom stereocenters. The van der Waals surface area contributed by atoms with Gasteiger partial charge in [-0.1, -0.05) is 43.6 Å². The Morgan fingerprint density at radius 3 is 2.36 bits per heavy atom. The Hall–Kier alpha value is -2.63. The average molecular weight is 532 g/mol. The van der Waals surface area contributed by atoms with Gasteiger partial charge in [0, 0.05) is 52.6 Å². The van der Waals surface area contributed by atoms with Gasteiger partial charge in [-0.3, -0.25) is 4.98 Å². The highest BCUT2D eigenvalue weighted by Crippen LogP contribution is 2.33. The van der Waals surface area contributed by atoms with E-state index >= 15 is 0 Å². The summed E-state index contributed by atoms with van der Waals surface area (Å²) in [4.78, 5) is 4.16. The summed E-state index contributed by atoms with van der Waals surface area (Å²) in [5.41, 5.74) is 6.43. The smallest absolute Gasteiger partial charge is 0.180 e. The van der Waals surface area contributed by atoms with E-state index in [0.717, 1.165) is 11.4 Å². The monoisotopic (exact) mass is 530 g/mol. The lowest BCUT2D eigenvalue weighted by Crippen LogP contribution is -2.29. The number of allylic oxidation sites excluding steroid dienone is 3. The van der Waals surface area contributed by atoms with Crippen LogP contribution in [0.3, 0.4) is 0 Å². The molecule has 2 heterocycles. The second kappa shape index (κ2) is 13.1. The minimum absolute atomic E-state index is 0.280. The molecule has 2 rings (SSSR count). The highest BCUT2D eigenvalue weighted by molar-refractivity contribution is 6.35. The van der Waals surface area contributed by atoms with Gasteiger partial charge < -0.3 is 19.9 Å². The zero-order valence-corrected chi connectivity index (χ0v) is 24.1. The molecule has 5 nitrogen and oxygen atoms in total. The third kappa shape index (κ3) is 9.11. The lowest BCUT2D eigenvalue weighted by atomic mass is 9.97. The van der Waals surface area contributed by atoms with Gasteiger partial charge in [-0.25, -0.2) is 0 Å². The molecule has 7 heteroatoms. The lowest BCUT2D eigenvalue weighted by molar-refractivity contribution is 0.0422. The second-order valence-electron chi connectivity index (χ2n) is 10.2. The van der Waals surface area contributed by atoms with Crippen molar-refractivity contribution < 1.29 is 4.74 Å². The molecule has 0 unspecified atom stereocenters. The van der Waals surface area contributed by atoms with Crippen molar-refractivity contribution in [2.75, 3.05) is 6.54 Å². The van der Waals surface area contributed by atoms with Crippen LogP contribution in [0.5, 0.6) is 0 Å². The van der Waals surface area contributed by atoms with E-state index in [4.69, 9.17) is 27.9 Å². The fraction of sp³-hybridized carbons (Fsp3) is 0.414. The van der Waals surface area contributed by atoms with Crippen LogP contribution >= 0.6 is 23.2 Å². The number of rotatable bonds is 12. The molecule has 0 aliphatic rings. The molecular formula is C29H40Cl2N4O. The normalized spacial score (nSPS) is 12.6. The van der Waals surface area contributed by atoms with Gasteiger partial charge in [0.1, 0.15) is 5.60 Å². The van der Waals surface area contributed by atoms with Crippen LogP contribution in [0, 0.1) is 6.92 Å². The number of halogens is 2. The molecule has 0 aliphatic heterocycles. The average Bonchev–Trinajstić information content (AvgIpc) is 3.00. The number of aromatic nitrogens is 2. The van der Waals surface area contributed by atoms with Crippen molar-refractivity contribution >= 4 is 29.3 Å². The summed E-state index contributed by atoms with van der Waals surface area (Å²) >= 11 is 12.7. The third-order valence-electron chi connectivity index (χ3n) is 5.46. The fourth-order valence-corrected chi connectivity index (χ4v) is 4.43. The van der Waals surface area contributed by atoms with E-state index in [0.29, 0.717) is 35.6 Å². The molecule has 2 aromatic rings. The Bertz CT molecular complexity index is 1120. The van der Waals surface area contributed by atoms with E-state index in [1.54, 1.807) is 6.08 Å². The maximum atomic E-state index is 6.59. The van der Waals surface area contributed by atoms with Gasteiger partial charge in [0.05, 0.1) is 6.54 Å². The van der Waals surface area contributed by atoms with Crippen LogP contribution in [0.25, 0.3) is 6.08 Å². The largest absolute Gasteiger partial charge is 0.474 e. The Kier molecular flexibility index (Phi) is 10.7. The Morgan fingerprint density at radius 1 is 1.17 bits per heavy atom. The highest BCUT2D eigenvalue weighted by atomic mass is 35.5. The minimum Gasteiger partial charge on any atom is -0.474 e. The molecule has 2 N–H and O–H groups in total. The van der Waals surface area contributed by atoms with Crippen molar-refractivity contribution in [3.8, 4) is 0 Å². The van der Waals surface area contributed by atoms with E-state index in [2.05, 4.69) is 54.1 Å². The zero-order valence-electron chi connectivity index (χ0n) is 22.6. The van der Waals surface area contributed by atoms with Crippen LogP contribution in [-0.2, 0) is 17.8 Å². The molecule has 36 heavy (non-hydrogen) atoms. The second-order valence-corrected chi connectivity index (χ2v) is 11.2. The van der Waals surface area contributed by atoms with Crippen molar-refractivity contribution in [2.45, 2.75) is 73.1 Å². The van der Waals surface area contributed by atoms with Crippen molar-refractivity contribution in [3.05, 3.63) is 93.5 Å². The van der Waals surface area contributed by atoms with Crippen molar-refractivity contribution in [1.82, 2.24) is 20.2 Å². The molecule has 196 valence electrons. The van der Waals surface area contributed by atoms with E-state index in [9.17, 15) is 0 Å². The summed E-state index contributed by atoms with van der Waals surface area (Å²) in [7, 11) is 0. The molecule has 0 aliphatic carbocycles. The predicted octanol–water partition coefficient (Wildman–Crippen LogP) is 7.56. The first-order valence-corrected chi connectivity index (χ1v) is 12.9. The van der Waals surface area contributed by atoms with E-state index in [1.165, 1.54) is 22.4 Å². The summed E-state index contributed by atoms with van der Waals surface area (Å²) in [6, 6.07) is 4.06. The van der Waals surface area contributed by atoms with Crippen LogP contribution < -0.4 is 10.6 Å². The predicted molar refractivity (Wildman–Crippen MR) is 154 cm³/mol. The van der Waals surface area contributed by atoms with Crippen molar-refractivity contribution in [3.63, 3.8) is 0 Å². The third-order valence-corrected chi connectivity index (χ3v) is 5.78. The Balaban J connectivity index is 2.37. The van der Waals surface area contributed by atoms with Crippen LogP contribution in [-0.4, -0.2) is 21.7 Å². The van der Waals surface area contributed by atoms with Gasteiger partial charge >= 0.3 is 0 Å². The molecule has 2 aromatic heterocycles. The molecule has 0 bridgehead atoms. The zero-order chi connectivity index (χ0) is 27.0. The SMILES string of the molecule is C=C(CNC(=C)OC(C)(C)C)NCc1c(C(C)C)c(/C=C(Cl)\C=C(/C)Cl)n(Cc2ccncc2)c1C. The summed E-state index contributed by atoms with van der Waals surface area (Å²) in [6.07, 6.45) is 7.40. The van der Waals surface area contributed by atoms with Crippen LogP contribution in [0.4, 0.5) is 0 Å². The summed E-state index contributed by atoms with van der Waals surface area (Å²) in [6.45, 7) is 24.3. The minimum atomic E-state index is -0.303. The van der Waals surface area contributed by atoms with Crippen LogP contribution in [0.15, 0.2) is 65.4 Å². The summed E-state index contributed by atoms with van der Waals surface area (Å²) < 4.78 is 8.05. The molecule has 0 saturated carbocycles. The maximum absolute atomic E-state index is 6.59. The first kappa shape index (κ1) is 29.6. The molecule has 0 amide bonds. The van der Waals surface area contributed by atoms with Gasteiger partial charge in [-0.15, -0.1) is 0 Å². The maximum Gasteiger partial charge on any atom is 0.180 e. The topological polar surface area (TPSA) is 51.1 Å². The van der Waals surface area contributed by atoms with Gasteiger partial charge in [0.2, 0.25) is 0 Å². The molecule has 0 spiro atoms. The number of pyridine rings is 1. The van der Waals surface area contributed by atoms with Crippen molar-refractivity contribution in [2.24, 2.45) is 0 Å². The molecule has 0 saturated heterocycles. The van der Waals surface area contributed by atoms with Crippen LogP contribution in [0.2, 0.25) is 0 Å². The quantitative estimate of drug-likeness (QED) is 0.219. The number of nitrogens with one attached hydrogen (secondary N) is 2. The van der Waals surface area contributed by atoms with Crippen molar-refractivity contribution in [1.29, 1.82) is 0 Å². The first-order chi connectivity index (χ1) is 16.8. The number of hydrogen-bond donors (Lipinski definition) is 2. The molecule has 0 fully saturated rings.